The minimum Gasteiger partial charge on any atom is -0.266 e. The molecule has 26 heavy (non-hydrogen) atoms. The smallest absolute Gasteiger partial charge is 0.266 e. The molecule has 150 valence electrons. The zero-order valence-electron chi connectivity index (χ0n) is 15.6. The minimum atomic E-state index is -4.20. The Morgan fingerprint density at radius 1 is 0.731 bits per heavy atom. The van der Waals surface area contributed by atoms with Crippen LogP contribution in [-0.4, -0.2) is 30.0 Å². The predicted molar refractivity (Wildman–Crippen MR) is 102 cm³/mol. The van der Waals surface area contributed by atoms with Crippen LogP contribution in [0.2, 0.25) is 10.0 Å². The summed E-state index contributed by atoms with van der Waals surface area (Å²) in [5.74, 6) is 0. The second-order valence-corrected chi connectivity index (χ2v) is 12.2. The maximum atomic E-state index is 12.3. The van der Waals surface area contributed by atoms with Crippen molar-refractivity contribution in [1.29, 1.82) is 0 Å². The van der Waals surface area contributed by atoms with Gasteiger partial charge in [0.1, 0.15) is 9.79 Å². The number of benzene rings is 1. The van der Waals surface area contributed by atoms with E-state index < -0.39 is 40.9 Å². The fourth-order valence-electron chi connectivity index (χ4n) is 1.53. The zero-order chi connectivity index (χ0) is 20.6. The Morgan fingerprint density at radius 2 is 1.00 bits per heavy atom. The van der Waals surface area contributed by atoms with Crippen molar-refractivity contribution >= 4 is 43.4 Å². The topological polar surface area (TPSA) is 86.7 Å². The van der Waals surface area contributed by atoms with Gasteiger partial charge in [0.05, 0.1) is 23.3 Å². The van der Waals surface area contributed by atoms with E-state index in [9.17, 15) is 16.8 Å². The molecule has 0 aliphatic carbocycles. The van der Waals surface area contributed by atoms with E-state index in [2.05, 4.69) is 0 Å². The average molecular weight is 447 g/mol. The first-order valence-corrected chi connectivity index (χ1v) is 11.3. The number of hydrogen-bond donors (Lipinski definition) is 0. The molecule has 0 saturated heterocycles. The van der Waals surface area contributed by atoms with E-state index in [4.69, 9.17) is 31.6 Å². The summed E-state index contributed by atoms with van der Waals surface area (Å²) in [5.41, 5.74) is -0.791. The van der Waals surface area contributed by atoms with Crippen LogP contribution < -0.4 is 0 Å². The summed E-state index contributed by atoms with van der Waals surface area (Å²) in [4.78, 5) is -0.800. The van der Waals surface area contributed by atoms with Crippen molar-refractivity contribution in [2.75, 3.05) is 13.2 Å². The SMILES string of the molecule is CC(C)(C)COS(=O)(=O)c1cc(Cl)c(S(=O)(=O)OCC(C)(C)C)cc1Cl. The monoisotopic (exact) mass is 446 g/mol. The van der Waals surface area contributed by atoms with Crippen LogP contribution in [0.1, 0.15) is 41.5 Å². The van der Waals surface area contributed by atoms with Gasteiger partial charge in [-0.2, -0.15) is 16.8 Å². The predicted octanol–water partition coefficient (Wildman–Crippen LogP) is 4.50. The van der Waals surface area contributed by atoms with E-state index in [1.807, 2.05) is 0 Å². The van der Waals surface area contributed by atoms with Gasteiger partial charge in [0.2, 0.25) is 0 Å². The number of rotatable bonds is 6. The largest absolute Gasteiger partial charge is 0.298 e. The maximum Gasteiger partial charge on any atom is 0.298 e. The van der Waals surface area contributed by atoms with Crippen LogP contribution in [0.25, 0.3) is 0 Å². The molecule has 0 spiro atoms. The van der Waals surface area contributed by atoms with E-state index in [0.29, 0.717) is 0 Å². The molecule has 0 radical (unpaired) electrons. The standard InChI is InChI=1S/C16H24Cl2O6S2/c1-15(2,3)9-23-25(19,20)13-7-12(18)14(8-11(13)17)26(21,22)24-10-16(4,5)6/h7-8H,9-10H2,1-6H3. The first-order chi connectivity index (χ1) is 11.4. The molecule has 0 aromatic heterocycles. The van der Waals surface area contributed by atoms with Gasteiger partial charge in [-0.25, -0.2) is 0 Å². The van der Waals surface area contributed by atoms with Crippen molar-refractivity contribution in [3.63, 3.8) is 0 Å². The molecule has 0 aliphatic rings. The molecule has 0 unspecified atom stereocenters. The van der Waals surface area contributed by atoms with E-state index in [1.165, 1.54) is 0 Å². The Hall–Kier alpha value is -0.380. The average Bonchev–Trinajstić information content (AvgIpc) is 2.44. The molecule has 0 N–H and O–H groups in total. The highest BCUT2D eigenvalue weighted by Gasteiger charge is 2.28. The third kappa shape index (κ3) is 6.98. The van der Waals surface area contributed by atoms with E-state index >= 15 is 0 Å². The molecule has 0 atom stereocenters. The van der Waals surface area contributed by atoms with Crippen LogP contribution in [0.4, 0.5) is 0 Å². The number of hydrogen-bond acceptors (Lipinski definition) is 6. The lowest BCUT2D eigenvalue weighted by atomic mass is 9.99. The van der Waals surface area contributed by atoms with Crippen molar-refractivity contribution in [3.8, 4) is 0 Å². The van der Waals surface area contributed by atoms with Crippen LogP contribution in [-0.2, 0) is 28.6 Å². The van der Waals surface area contributed by atoms with Gasteiger partial charge in [-0.15, -0.1) is 0 Å². The Morgan fingerprint density at radius 3 is 1.23 bits per heavy atom. The molecule has 0 saturated carbocycles. The van der Waals surface area contributed by atoms with Gasteiger partial charge in [-0.05, 0) is 23.0 Å². The third-order valence-corrected chi connectivity index (χ3v) is 6.28. The summed E-state index contributed by atoms with van der Waals surface area (Å²) < 4.78 is 59.3. The van der Waals surface area contributed by atoms with Gasteiger partial charge in [0.25, 0.3) is 20.2 Å². The van der Waals surface area contributed by atoms with Gasteiger partial charge >= 0.3 is 0 Å². The fourth-order valence-corrected chi connectivity index (χ4v) is 4.94. The van der Waals surface area contributed by atoms with E-state index in [1.54, 1.807) is 41.5 Å². The fraction of sp³-hybridized carbons (Fsp3) is 0.625. The minimum absolute atomic E-state index is 0.0714. The molecule has 1 aromatic carbocycles. The second kappa shape index (κ2) is 7.93. The molecular formula is C16H24Cl2O6S2. The molecule has 0 aliphatic heterocycles. The quantitative estimate of drug-likeness (QED) is 0.597. The maximum absolute atomic E-state index is 12.3. The summed E-state index contributed by atoms with van der Waals surface area (Å²) in [6.07, 6.45) is 0. The molecule has 0 amide bonds. The highest BCUT2D eigenvalue weighted by molar-refractivity contribution is 7.87. The lowest BCUT2D eigenvalue weighted by Crippen LogP contribution is -2.20. The van der Waals surface area contributed by atoms with Crippen LogP contribution in [0.3, 0.4) is 0 Å². The van der Waals surface area contributed by atoms with E-state index in [-0.39, 0.29) is 23.3 Å². The molecule has 10 heteroatoms. The van der Waals surface area contributed by atoms with Crippen LogP contribution in [0.15, 0.2) is 21.9 Å². The van der Waals surface area contributed by atoms with Gasteiger partial charge in [0, 0.05) is 0 Å². The van der Waals surface area contributed by atoms with Gasteiger partial charge in [-0.1, -0.05) is 64.7 Å². The molecule has 1 rings (SSSR count). The van der Waals surface area contributed by atoms with Crippen LogP contribution in [0, 0.1) is 10.8 Å². The van der Waals surface area contributed by atoms with E-state index in [0.717, 1.165) is 12.1 Å². The Balaban J connectivity index is 3.23. The Kier molecular flexibility index (Phi) is 7.22. The normalized spacial score (nSPS) is 13.8. The Bertz CT molecular complexity index is 789. The Labute approximate surface area is 166 Å². The second-order valence-electron chi connectivity index (χ2n) is 8.27. The summed E-state index contributed by atoms with van der Waals surface area (Å²) in [5, 5.41) is -0.637. The molecule has 0 fully saturated rings. The van der Waals surface area contributed by atoms with Crippen molar-refractivity contribution in [2.45, 2.75) is 51.3 Å². The lowest BCUT2D eigenvalue weighted by Gasteiger charge is -2.19. The third-order valence-electron chi connectivity index (χ3n) is 2.82. The molecule has 6 nitrogen and oxygen atoms in total. The highest BCUT2D eigenvalue weighted by atomic mass is 35.5. The zero-order valence-corrected chi connectivity index (χ0v) is 18.7. The van der Waals surface area contributed by atoms with Crippen molar-refractivity contribution < 1.29 is 25.2 Å². The van der Waals surface area contributed by atoms with Crippen LogP contribution >= 0.6 is 23.2 Å². The van der Waals surface area contributed by atoms with Gasteiger partial charge in [0.15, 0.2) is 0 Å². The molecule has 0 bridgehead atoms. The van der Waals surface area contributed by atoms with Crippen molar-refractivity contribution in [1.82, 2.24) is 0 Å². The summed E-state index contributed by atoms with van der Waals surface area (Å²) in [6.45, 7) is 10.7. The molecule has 1 aromatic rings. The van der Waals surface area contributed by atoms with Crippen molar-refractivity contribution in [2.24, 2.45) is 10.8 Å². The summed E-state index contributed by atoms with van der Waals surface area (Å²) in [7, 11) is -8.39. The van der Waals surface area contributed by atoms with Gasteiger partial charge < -0.3 is 0 Å². The number of halogens is 2. The summed E-state index contributed by atoms with van der Waals surface area (Å²) in [6, 6.07) is 1.91. The molecular weight excluding hydrogens is 423 g/mol. The lowest BCUT2D eigenvalue weighted by molar-refractivity contribution is 0.203. The molecule has 0 heterocycles. The van der Waals surface area contributed by atoms with Crippen molar-refractivity contribution in [3.05, 3.63) is 22.2 Å². The first-order valence-electron chi connectivity index (χ1n) is 7.73. The van der Waals surface area contributed by atoms with Crippen LogP contribution in [0.5, 0.6) is 0 Å². The first kappa shape index (κ1) is 23.7. The summed E-state index contributed by atoms with van der Waals surface area (Å²) >= 11 is 12.0. The highest BCUT2D eigenvalue weighted by Crippen LogP contribution is 2.34. The van der Waals surface area contributed by atoms with Gasteiger partial charge in [-0.3, -0.25) is 8.37 Å².